The fourth-order valence-electron chi connectivity index (χ4n) is 1.65. The molecule has 0 amide bonds. The molecule has 0 unspecified atom stereocenters. The third-order valence-electron chi connectivity index (χ3n) is 2.27. The maximum atomic E-state index is 2.42. The SMILES string of the molecule is CC1=CCN(C(C)(C)C)C(C)=C1. The second-order valence-electron chi connectivity index (χ2n) is 4.52. The van der Waals surface area contributed by atoms with Crippen LogP contribution in [0.4, 0.5) is 0 Å². The largest absolute Gasteiger partial charge is 0.366 e. The lowest BCUT2D eigenvalue weighted by Crippen LogP contribution is -2.41. The molecule has 0 saturated carbocycles. The molecule has 0 fully saturated rings. The minimum atomic E-state index is 0.248. The van der Waals surface area contributed by atoms with E-state index in [0.29, 0.717) is 0 Å². The van der Waals surface area contributed by atoms with Gasteiger partial charge in [-0.2, -0.15) is 0 Å². The summed E-state index contributed by atoms with van der Waals surface area (Å²) in [5.74, 6) is 0. The molecule has 0 bridgehead atoms. The third-order valence-corrected chi connectivity index (χ3v) is 2.27. The van der Waals surface area contributed by atoms with Crippen LogP contribution in [0.3, 0.4) is 0 Å². The lowest BCUT2D eigenvalue weighted by molar-refractivity contribution is 0.202. The lowest BCUT2D eigenvalue weighted by atomic mass is 10.0. The van der Waals surface area contributed by atoms with Gasteiger partial charge in [0.05, 0.1) is 0 Å². The summed E-state index contributed by atoms with van der Waals surface area (Å²) in [6.07, 6.45) is 4.52. The number of allylic oxidation sites excluding steroid dienone is 3. The fourth-order valence-corrected chi connectivity index (χ4v) is 1.65. The predicted octanol–water partition coefficient (Wildman–Crippen LogP) is 2.95. The molecule has 0 N–H and O–H groups in total. The van der Waals surface area contributed by atoms with Crippen molar-refractivity contribution in [2.24, 2.45) is 0 Å². The van der Waals surface area contributed by atoms with Crippen molar-refractivity contribution in [3.63, 3.8) is 0 Å². The highest BCUT2D eigenvalue weighted by atomic mass is 15.2. The van der Waals surface area contributed by atoms with Crippen molar-refractivity contribution < 1.29 is 0 Å². The topological polar surface area (TPSA) is 3.24 Å². The summed E-state index contributed by atoms with van der Waals surface area (Å²) in [7, 11) is 0. The van der Waals surface area contributed by atoms with Crippen LogP contribution in [-0.4, -0.2) is 17.0 Å². The second kappa shape index (κ2) is 2.96. The van der Waals surface area contributed by atoms with Gasteiger partial charge in [-0.15, -0.1) is 0 Å². The molecule has 1 rings (SSSR count). The van der Waals surface area contributed by atoms with Crippen molar-refractivity contribution in [2.45, 2.75) is 40.2 Å². The number of hydrogen-bond acceptors (Lipinski definition) is 1. The van der Waals surface area contributed by atoms with Gasteiger partial charge in [0, 0.05) is 17.8 Å². The van der Waals surface area contributed by atoms with Crippen LogP contribution in [-0.2, 0) is 0 Å². The zero-order valence-corrected chi connectivity index (χ0v) is 8.81. The zero-order chi connectivity index (χ0) is 9.35. The monoisotopic (exact) mass is 165 g/mol. The Morgan fingerprint density at radius 3 is 2.25 bits per heavy atom. The van der Waals surface area contributed by atoms with Gasteiger partial charge in [-0.1, -0.05) is 11.6 Å². The molecular weight excluding hydrogens is 146 g/mol. The third kappa shape index (κ3) is 1.90. The first-order valence-electron chi connectivity index (χ1n) is 4.54. The van der Waals surface area contributed by atoms with E-state index in [0.717, 1.165) is 6.54 Å². The predicted molar refractivity (Wildman–Crippen MR) is 54.0 cm³/mol. The quantitative estimate of drug-likeness (QED) is 0.533. The molecule has 0 aromatic carbocycles. The summed E-state index contributed by atoms with van der Waals surface area (Å²) in [5.41, 5.74) is 3.01. The van der Waals surface area contributed by atoms with Crippen LogP contribution in [0.5, 0.6) is 0 Å². The average molecular weight is 165 g/mol. The van der Waals surface area contributed by atoms with Crippen molar-refractivity contribution in [3.8, 4) is 0 Å². The molecule has 0 aliphatic carbocycles. The Bertz CT molecular complexity index is 228. The van der Waals surface area contributed by atoms with Crippen molar-refractivity contribution in [3.05, 3.63) is 23.4 Å². The second-order valence-corrected chi connectivity index (χ2v) is 4.52. The zero-order valence-electron chi connectivity index (χ0n) is 8.81. The number of nitrogens with zero attached hydrogens (tertiary/aromatic N) is 1. The Balaban J connectivity index is 2.82. The first kappa shape index (κ1) is 9.37. The molecule has 1 heteroatoms. The van der Waals surface area contributed by atoms with Gasteiger partial charge in [0.15, 0.2) is 0 Å². The minimum absolute atomic E-state index is 0.248. The van der Waals surface area contributed by atoms with Gasteiger partial charge < -0.3 is 4.90 Å². The summed E-state index contributed by atoms with van der Waals surface area (Å²) < 4.78 is 0. The fraction of sp³-hybridized carbons (Fsp3) is 0.636. The molecule has 0 aromatic rings. The normalized spacial score (nSPS) is 18.9. The molecular formula is C11H19N. The Hall–Kier alpha value is -0.720. The molecule has 0 saturated heterocycles. The van der Waals surface area contributed by atoms with Gasteiger partial charge >= 0.3 is 0 Å². The standard InChI is InChI=1S/C11H19N/c1-9-6-7-12(10(2)8-9)11(3,4)5/h6,8H,7H2,1-5H3. The van der Waals surface area contributed by atoms with E-state index in [1.165, 1.54) is 11.3 Å². The van der Waals surface area contributed by atoms with Crippen LogP contribution in [0.15, 0.2) is 23.4 Å². The molecule has 1 heterocycles. The van der Waals surface area contributed by atoms with E-state index in [-0.39, 0.29) is 5.54 Å². The van der Waals surface area contributed by atoms with Crippen LogP contribution < -0.4 is 0 Å². The molecule has 1 aliphatic heterocycles. The van der Waals surface area contributed by atoms with Crippen molar-refractivity contribution in [1.29, 1.82) is 0 Å². The first-order chi connectivity index (χ1) is 5.41. The van der Waals surface area contributed by atoms with Gasteiger partial charge in [-0.05, 0) is 40.7 Å². The van der Waals surface area contributed by atoms with E-state index in [2.05, 4.69) is 51.7 Å². The van der Waals surface area contributed by atoms with E-state index >= 15 is 0 Å². The summed E-state index contributed by atoms with van der Waals surface area (Å²) in [5, 5.41) is 0. The van der Waals surface area contributed by atoms with Gasteiger partial charge in [0.25, 0.3) is 0 Å². The highest BCUT2D eigenvalue weighted by Gasteiger charge is 2.21. The molecule has 0 atom stereocenters. The van der Waals surface area contributed by atoms with Gasteiger partial charge in [0.1, 0.15) is 0 Å². The highest BCUT2D eigenvalue weighted by Crippen LogP contribution is 2.23. The Kier molecular flexibility index (Phi) is 2.31. The van der Waals surface area contributed by atoms with Crippen molar-refractivity contribution in [2.75, 3.05) is 6.54 Å². The maximum absolute atomic E-state index is 2.42. The van der Waals surface area contributed by atoms with E-state index in [1.807, 2.05) is 0 Å². The van der Waals surface area contributed by atoms with Gasteiger partial charge in [-0.25, -0.2) is 0 Å². The first-order valence-corrected chi connectivity index (χ1v) is 4.54. The van der Waals surface area contributed by atoms with E-state index < -0.39 is 0 Å². The smallest absolute Gasteiger partial charge is 0.0367 e. The molecule has 12 heavy (non-hydrogen) atoms. The van der Waals surface area contributed by atoms with Gasteiger partial charge in [0.2, 0.25) is 0 Å². The Morgan fingerprint density at radius 1 is 1.25 bits per heavy atom. The lowest BCUT2D eigenvalue weighted by Gasteiger charge is -2.39. The molecule has 0 spiro atoms. The molecule has 0 radical (unpaired) electrons. The highest BCUT2D eigenvalue weighted by molar-refractivity contribution is 5.26. The van der Waals surface area contributed by atoms with E-state index in [1.54, 1.807) is 0 Å². The average Bonchev–Trinajstić information content (AvgIpc) is 1.83. The summed E-state index contributed by atoms with van der Waals surface area (Å²) in [4.78, 5) is 2.42. The Morgan fingerprint density at radius 2 is 1.83 bits per heavy atom. The van der Waals surface area contributed by atoms with Crippen LogP contribution in [0.25, 0.3) is 0 Å². The summed E-state index contributed by atoms with van der Waals surface area (Å²) >= 11 is 0. The van der Waals surface area contributed by atoms with Crippen LogP contribution in [0.2, 0.25) is 0 Å². The molecule has 0 aromatic heterocycles. The minimum Gasteiger partial charge on any atom is -0.366 e. The number of hydrogen-bond donors (Lipinski definition) is 0. The summed E-state index contributed by atoms with van der Waals surface area (Å²) in [6, 6.07) is 0. The van der Waals surface area contributed by atoms with Crippen LogP contribution in [0, 0.1) is 0 Å². The molecule has 1 aliphatic rings. The molecule has 1 nitrogen and oxygen atoms in total. The van der Waals surface area contributed by atoms with Gasteiger partial charge in [-0.3, -0.25) is 0 Å². The van der Waals surface area contributed by atoms with Crippen molar-refractivity contribution in [1.82, 2.24) is 4.90 Å². The molecule has 68 valence electrons. The summed E-state index contributed by atoms with van der Waals surface area (Å²) in [6.45, 7) is 12.1. The maximum Gasteiger partial charge on any atom is 0.0367 e. The van der Waals surface area contributed by atoms with Crippen LogP contribution >= 0.6 is 0 Å². The Labute approximate surface area is 75.8 Å². The van der Waals surface area contributed by atoms with Crippen molar-refractivity contribution >= 4 is 0 Å². The number of rotatable bonds is 0. The van der Waals surface area contributed by atoms with E-state index in [4.69, 9.17) is 0 Å². The van der Waals surface area contributed by atoms with E-state index in [9.17, 15) is 0 Å². The van der Waals surface area contributed by atoms with Crippen LogP contribution in [0.1, 0.15) is 34.6 Å².